The van der Waals surface area contributed by atoms with E-state index in [0.717, 1.165) is 27.8 Å². The highest BCUT2D eigenvalue weighted by molar-refractivity contribution is 9.10. The maximum Gasteiger partial charge on any atom is 0.168 e. The Balaban J connectivity index is 2.50. The predicted molar refractivity (Wildman–Crippen MR) is 63.9 cm³/mol. The molecule has 16 heavy (non-hydrogen) atoms. The minimum atomic E-state index is 0.421. The predicted octanol–water partition coefficient (Wildman–Crippen LogP) is 2.46. The third-order valence-electron chi connectivity index (χ3n) is 2.34. The van der Waals surface area contributed by atoms with Crippen LogP contribution in [0.25, 0.3) is 5.69 Å². The number of pyridine rings is 1. The molecule has 82 valence electrons. The summed E-state index contributed by atoms with van der Waals surface area (Å²) in [4.78, 5) is 14.5. The smallest absolute Gasteiger partial charge is 0.168 e. The zero-order valence-corrected chi connectivity index (χ0v) is 10.5. The number of hydrogen-bond donors (Lipinski definition) is 0. The topological polar surface area (TPSA) is 47.8 Å². The maximum absolute atomic E-state index is 10.5. The molecule has 0 aliphatic rings. The third kappa shape index (κ3) is 1.78. The second kappa shape index (κ2) is 4.17. The van der Waals surface area contributed by atoms with E-state index < -0.39 is 0 Å². The number of aryl methyl sites for hydroxylation is 1. The fraction of sp³-hybridized carbons (Fsp3) is 0.182. The molecule has 0 aliphatic heterocycles. The summed E-state index contributed by atoms with van der Waals surface area (Å²) in [7, 11) is 0. The summed E-state index contributed by atoms with van der Waals surface area (Å²) < 4.78 is 2.79. The molecule has 0 bridgehead atoms. The number of aldehydes is 1. The molecule has 0 saturated heterocycles. The van der Waals surface area contributed by atoms with Gasteiger partial charge < -0.3 is 0 Å². The van der Waals surface area contributed by atoms with Gasteiger partial charge in [0.2, 0.25) is 0 Å². The molecule has 4 nitrogen and oxygen atoms in total. The van der Waals surface area contributed by atoms with Gasteiger partial charge in [-0.15, -0.1) is 0 Å². The summed E-state index contributed by atoms with van der Waals surface area (Å²) in [6, 6.07) is 3.50. The number of carbonyl (C=O) groups excluding carboxylic acids is 1. The van der Waals surface area contributed by atoms with Crippen molar-refractivity contribution < 1.29 is 4.79 Å². The first-order chi connectivity index (χ1) is 7.63. The molecule has 0 aromatic carbocycles. The van der Waals surface area contributed by atoms with E-state index in [1.165, 1.54) is 0 Å². The van der Waals surface area contributed by atoms with Crippen molar-refractivity contribution >= 4 is 22.2 Å². The van der Waals surface area contributed by atoms with Crippen molar-refractivity contribution in [2.24, 2.45) is 0 Å². The highest BCUT2D eigenvalue weighted by Gasteiger charge is 2.10. The molecule has 2 heterocycles. The van der Waals surface area contributed by atoms with Crippen LogP contribution < -0.4 is 0 Å². The van der Waals surface area contributed by atoms with Crippen molar-refractivity contribution in [1.29, 1.82) is 0 Å². The summed E-state index contributed by atoms with van der Waals surface area (Å²) >= 11 is 3.47. The van der Waals surface area contributed by atoms with E-state index in [0.29, 0.717) is 5.69 Å². The van der Waals surface area contributed by atoms with Crippen LogP contribution in [-0.2, 0) is 0 Å². The summed E-state index contributed by atoms with van der Waals surface area (Å²) in [6.45, 7) is 3.90. The van der Waals surface area contributed by atoms with Gasteiger partial charge in [-0.3, -0.25) is 9.78 Å². The van der Waals surface area contributed by atoms with E-state index in [2.05, 4.69) is 26.0 Å². The van der Waals surface area contributed by atoms with Crippen LogP contribution in [0.5, 0.6) is 0 Å². The molecule has 0 unspecified atom stereocenters. The first kappa shape index (κ1) is 11.0. The van der Waals surface area contributed by atoms with Crippen molar-refractivity contribution in [2.45, 2.75) is 13.8 Å². The minimum absolute atomic E-state index is 0.421. The summed E-state index contributed by atoms with van der Waals surface area (Å²) in [6.07, 6.45) is 2.36. The molecule has 2 aromatic rings. The molecule has 0 radical (unpaired) electrons. The van der Waals surface area contributed by atoms with Crippen molar-refractivity contribution in [2.75, 3.05) is 0 Å². The summed E-state index contributed by atoms with van der Waals surface area (Å²) in [5, 5.41) is 4.38. The zero-order chi connectivity index (χ0) is 11.7. The lowest BCUT2D eigenvalue weighted by molar-refractivity contribution is 0.111. The quantitative estimate of drug-likeness (QED) is 0.794. The second-order valence-electron chi connectivity index (χ2n) is 3.46. The number of carbonyl (C=O) groups is 1. The fourth-order valence-electron chi connectivity index (χ4n) is 1.47. The number of aromatic nitrogens is 3. The van der Waals surface area contributed by atoms with E-state index >= 15 is 0 Å². The molecule has 0 saturated carbocycles. The van der Waals surface area contributed by atoms with Crippen LogP contribution in [0, 0.1) is 13.8 Å². The Hall–Kier alpha value is -1.49. The van der Waals surface area contributed by atoms with Gasteiger partial charge in [-0.1, -0.05) is 0 Å². The van der Waals surface area contributed by atoms with Crippen molar-refractivity contribution in [1.82, 2.24) is 14.8 Å². The van der Waals surface area contributed by atoms with Gasteiger partial charge in [-0.05, 0) is 41.9 Å². The van der Waals surface area contributed by atoms with Crippen LogP contribution in [0.4, 0.5) is 0 Å². The first-order valence-corrected chi connectivity index (χ1v) is 5.56. The Bertz CT molecular complexity index is 531. The van der Waals surface area contributed by atoms with E-state index in [1.54, 1.807) is 16.9 Å². The Labute approximate surface area is 101 Å². The van der Waals surface area contributed by atoms with E-state index in [9.17, 15) is 4.79 Å². The Morgan fingerprint density at radius 1 is 1.38 bits per heavy atom. The number of nitrogens with zero attached hydrogens (tertiary/aromatic N) is 3. The van der Waals surface area contributed by atoms with Gasteiger partial charge in [0.1, 0.15) is 5.69 Å². The SMILES string of the molecule is Cc1nn(-c2ccc(C=O)nc2)c(C)c1Br. The molecule has 0 aliphatic carbocycles. The lowest BCUT2D eigenvalue weighted by atomic mass is 10.3. The lowest BCUT2D eigenvalue weighted by Crippen LogP contribution is -2.00. The largest absolute Gasteiger partial charge is 0.296 e. The second-order valence-corrected chi connectivity index (χ2v) is 4.25. The third-order valence-corrected chi connectivity index (χ3v) is 3.49. The zero-order valence-electron chi connectivity index (χ0n) is 8.94. The summed E-state index contributed by atoms with van der Waals surface area (Å²) in [5.41, 5.74) is 3.20. The van der Waals surface area contributed by atoms with Gasteiger partial charge in [0.15, 0.2) is 6.29 Å². The first-order valence-electron chi connectivity index (χ1n) is 4.77. The average molecular weight is 280 g/mol. The van der Waals surface area contributed by atoms with E-state index in [4.69, 9.17) is 0 Å². The molecule has 0 spiro atoms. The van der Waals surface area contributed by atoms with Crippen LogP contribution in [0.15, 0.2) is 22.8 Å². The molecule has 2 aromatic heterocycles. The standard InChI is InChI=1S/C11H10BrN3O/c1-7-11(12)8(2)15(14-7)10-4-3-9(6-16)13-5-10/h3-6H,1-2H3. The van der Waals surface area contributed by atoms with Crippen molar-refractivity contribution in [3.05, 3.63) is 39.9 Å². The van der Waals surface area contributed by atoms with Gasteiger partial charge in [0, 0.05) is 0 Å². The Morgan fingerprint density at radius 2 is 2.12 bits per heavy atom. The van der Waals surface area contributed by atoms with Gasteiger partial charge in [0.25, 0.3) is 0 Å². The molecular weight excluding hydrogens is 270 g/mol. The number of halogens is 1. The maximum atomic E-state index is 10.5. The van der Waals surface area contributed by atoms with Crippen LogP contribution in [-0.4, -0.2) is 21.1 Å². The molecule has 0 amide bonds. The van der Waals surface area contributed by atoms with Gasteiger partial charge in [0.05, 0.1) is 27.7 Å². The molecule has 0 fully saturated rings. The molecule has 0 atom stereocenters. The molecule has 0 N–H and O–H groups in total. The van der Waals surface area contributed by atoms with Gasteiger partial charge in [-0.2, -0.15) is 5.10 Å². The Morgan fingerprint density at radius 3 is 2.56 bits per heavy atom. The highest BCUT2D eigenvalue weighted by Crippen LogP contribution is 2.22. The fourth-order valence-corrected chi connectivity index (χ4v) is 1.71. The van der Waals surface area contributed by atoms with Crippen LogP contribution in [0.2, 0.25) is 0 Å². The molecular formula is C11H10BrN3O. The van der Waals surface area contributed by atoms with Gasteiger partial charge >= 0.3 is 0 Å². The van der Waals surface area contributed by atoms with Crippen LogP contribution in [0.3, 0.4) is 0 Å². The number of hydrogen-bond acceptors (Lipinski definition) is 3. The van der Waals surface area contributed by atoms with Crippen LogP contribution in [0.1, 0.15) is 21.9 Å². The van der Waals surface area contributed by atoms with Crippen molar-refractivity contribution in [3.63, 3.8) is 0 Å². The molecule has 5 heteroatoms. The van der Waals surface area contributed by atoms with Crippen molar-refractivity contribution in [3.8, 4) is 5.69 Å². The lowest BCUT2D eigenvalue weighted by Gasteiger charge is -2.03. The van der Waals surface area contributed by atoms with Crippen LogP contribution >= 0.6 is 15.9 Å². The highest BCUT2D eigenvalue weighted by atomic mass is 79.9. The number of rotatable bonds is 2. The van der Waals surface area contributed by atoms with E-state index in [-0.39, 0.29) is 0 Å². The average Bonchev–Trinajstić information content (AvgIpc) is 2.57. The monoisotopic (exact) mass is 279 g/mol. The van der Waals surface area contributed by atoms with E-state index in [1.807, 2.05) is 19.9 Å². The molecule has 2 rings (SSSR count). The minimum Gasteiger partial charge on any atom is -0.296 e. The normalized spacial score (nSPS) is 10.4. The summed E-state index contributed by atoms with van der Waals surface area (Å²) in [5.74, 6) is 0. The van der Waals surface area contributed by atoms with Gasteiger partial charge in [-0.25, -0.2) is 4.68 Å². The Kier molecular flexibility index (Phi) is 2.87.